The molecule has 2 aromatic carbocycles. The van der Waals surface area contributed by atoms with E-state index in [4.69, 9.17) is 4.74 Å². The Morgan fingerprint density at radius 2 is 1.96 bits per heavy atom. The van der Waals surface area contributed by atoms with E-state index in [1.54, 1.807) is 0 Å². The van der Waals surface area contributed by atoms with Crippen LogP contribution in [0.1, 0.15) is 48.2 Å². The standard InChI is InChI=1S/C23H28N2O2/c1-4-6-13-25-16-20(19-11-8-12-21(22(19)25)27-5-2)23(26)24-15-18-10-7-9-17(3)14-18/h7-12,14,16H,4-6,13,15H2,1-3H3,(H,24,26). The number of amides is 1. The maximum absolute atomic E-state index is 12.9. The van der Waals surface area contributed by atoms with Crippen molar-refractivity contribution >= 4 is 16.8 Å². The highest BCUT2D eigenvalue weighted by Crippen LogP contribution is 2.30. The van der Waals surface area contributed by atoms with Gasteiger partial charge in [-0.3, -0.25) is 4.79 Å². The van der Waals surface area contributed by atoms with E-state index >= 15 is 0 Å². The summed E-state index contributed by atoms with van der Waals surface area (Å²) in [5.74, 6) is 0.786. The number of para-hydroxylation sites is 1. The summed E-state index contributed by atoms with van der Waals surface area (Å²) in [6, 6.07) is 14.1. The molecule has 0 atom stereocenters. The summed E-state index contributed by atoms with van der Waals surface area (Å²) < 4.78 is 7.98. The van der Waals surface area contributed by atoms with E-state index < -0.39 is 0 Å². The number of nitrogens with one attached hydrogen (secondary N) is 1. The molecule has 3 rings (SSSR count). The molecule has 0 bridgehead atoms. The number of aryl methyl sites for hydroxylation is 2. The lowest BCUT2D eigenvalue weighted by molar-refractivity contribution is 0.0952. The Morgan fingerprint density at radius 3 is 2.70 bits per heavy atom. The highest BCUT2D eigenvalue weighted by atomic mass is 16.5. The number of benzene rings is 2. The van der Waals surface area contributed by atoms with Gasteiger partial charge in [-0.25, -0.2) is 0 Å². The summed E-state index contributed by atoms with van der Waals surface area (Å²) in [4.78, 5) is 12.9. The molecule has 1 aromatic heterocycles. The van der Waals surface area contributed by atoms with Gasteiger partial charge in [-0.2, -0.15) is 0 Å². The van der Waals surface area contributed by atoms with Crippen molar-refractivity contribution < 1.29 is 9.53 Å². The quantitative estimate of drug-likeness (QED) is 0.606. The molecule has 3 aromatic rings. The van der Waals surface area contributed by atoms with Crippen LogP contribution in [0.3, 0.4) is 0 Å². The third-order valence-electron chi connectivity index (χ3n) is 4.69. The van der Waals surface area contributed by atoms with E-state index in [1.165, 1.54) is 5.56 Å². The van der Waals surface area contributed by atoms with Crippen molar-refractivity contribution in [3.8, 4) is 5.75 Å². The maximum Gasteiger partial charge on any atom is 0.253 e. The molecule has 0 radical (unpaired) electrons. The lowest BCUT2D eigenvalue weighted by Crippen LogP contribution is -2.22. The van der Waals surface area contributed by atoms with Crippen LogP contribution in [0.2, 0.25) is 0 Å². The van der Waals surface area contributed by atoms with Gasteiger partial charge >= 0.3 is 0 Å². The Balaban J connectivity index is 1.90. The normalized spacial score (nSPS) is 10.9. The van der Waals surface area contributed by atoms with Crippen LogP contribution in [-0.2, 0) is 13.1 Å². The summed E-state index contributed by atoms with van der Waals surface area (Å²) in [6.45, 7) is 8.21. The van der Waals surface area contributed by atoms with Crippen LogP contribution < -0.4 is 10.1 Å². The van der Waals surface area contributed by atoms with E-state index in [-0.39, 0.29) is 5.91 Å². The molecule has 0 aliphatic carbocycles. The zero-order valence-electron chi connectivity index (χ0n) is 16.4. The van der Waals surface area contributed by atoms with Gasteiger partial charge < -0.3 is 14.6 Å². The van der Waals surface area contributed by atoms with Gasteiger partial charge in [0.25, 0.3) is 5.91 Å². The number of hydrogen-bond donors (Lipinski definition) is 1. The fourth-order valence-corrected chi connectivity index (χ4v) is 3.38. The summed E-state index contributed by atoms with van der Waals surface area (Å²) in [5.41, 5.74) is 4.01. The van der Waals surface area contributed by atoms with Crippen LogP contribution in [0.25, 0.3) is 10.9 Å². The van der Waals surface area contributed by atoms with Crippen LogP contribution in [0.5, 0.6) is 5.75 Å². The molecule has 1 heterocycles. The molecule has 0 aliphatic rings. The van der Waals surface area contributed by atoms with Gasteiger partial charge in [-0.15, -0.1) is 0 Å². The Morgan fingerprint density at radius 1 is 1.15 bits per heavy atom. The van der Waals surface area contributed by atoms with E-state index in [0.717, 1.165) is 41.6 Å². The van der Waals surface area contributed by atoms with Crippen molar-refractivity contribution in [3.05, 3.63) is 65.4 Å². The van der Waals surface area contributed by atoms with Crippen LogP contribution in [0, 0.1) is 6.92 Å². The number of carbonyl (C=O) groups excluding carboxylic acids is 1. The topological polar surface area (TPSA) is 43.3 Å². The van der Waals surface area contributed by atoms with Gasteiger partial charge in [0.05, 0.1) is 17.7 Å². The van der Waals surface area contributed by atoms with Crippen LogP contribution in [0.4, 0.5) is 0 Å². The molecule has 4 heteroatoms. The molecule has 0 unspecified atom stereocenters. The first-order valence-corrected chi connectivity index (χ1v) is 9.72. The van der Waals surface area contributed by atoms with Gasteiger partial charge in [0.2, 0.25) is 0 Å². The number of aromatic nitrogens is 1. The number of fused-ring (bicyclic) bond motifs is 1. The van der Waals surface area contributed by atoms with Gasteiger partial charge in [0.1, 0.15) is 5.75 Å². The number of nitrogens with zero attached hydrogens (tertiary/aromatic N) is 1. The first kappa shape index (κ1) is 19.0. The molecule has 0 saturated heterocycles. The van der Waals surface area contributed by atoms with Crippen LogP contribution in [-0.4, -0.2) is 17.1 Å². The number of hydrogen-bond acceptors (Lipinski definition) is 2. The molecule has 4 nitrogen and oxygen atoms in total. The zero-order chi connectivity index (χ0) is 19.2. The molecule has 1 N–H and O–H groups in total. The molecule has 0 saturated carbocycles. The predicted octanol–water partition coefficient (Wildman–Crippen LogP) is 5.08. The van der Waals surface area contributed by atoms with Gasteiger partial charge in [0.15, 0.2) is 0 Å². The number of unbranched alkanes of at least 4 members (excludes halogenated alkanes) is 1. The lowest BCUT2D eigenvalue weighted by atomic mass is 10.1. The summed E-state index contributed by atoms with van der Waals surface area (Å²) in [5, 5.41) is 4.01. The fourth-order valence-electron chi connectivity index (χ4n) is 3.38. The van der Waals surface area contributed by atoms with Crippen LogP contribution >= 0.6 is 0 Å². The number of rotatable bonds is 8. The van der Waals surface area contributed by atoms with Crippen LogP contribution in [0.15, 0.2) is 48.7 Å². The van der Waals surface area contributed by atoms with Crippen molar-refractivity contribution in [1.82, 2.24) is 9.88 Å². The summed E-state index contributed by atoms with van der Waals surface area (Å²) >= 11 is 0. The highest BCUT2D eigenvalue weighted by Gasteiger charge is 2.17. The Labute approximate surface area is 161 Å². The van der Waals surface area contributed by atoms with Crippen molar-refractivity contribution in [2.75, 3.05) is 6.61 Å². The number of ether oxygens (including phenoxy) is 1. The van der Waals surface area contributed by atoms with E-state index in [9.17, 15) is 4.79 Å². The molecule has 142 valence electrons. The second kappa shape index (κ2) is 8.76. The Hall–Kier alpha value is -2.75. The minimum atomic E-state index is -0.0506. The van der Waals surface area contributed by atoms with Crippen molar-refractivity contribution in [2.45, 2.75) is 46.7 Å². The molecule has 0 spiro atoms. The van der Waals surface area contributed by atoms with E-state index in [2.05, 4.69) is 35.9 Å². The maximum atomic E-state index is 12.9. The third-order valence-corrected chi connectivity index (χ3v) is 4.69. The molecule has 0 fully saturated rings. The summed E-state index contributed by atoms with van der Waals surface area (Å²) in [7, 11) is 0. The highest BCUT2D eigenvalue weighted by molar-refractivity contribution is 6.08. The number of carbonyl (C=O) groups is 1. The first-order valence-electron chi connectivity index (χ1n) is 9.72. The second-order valence-electron chi connectivity index (χ2n) is 6.85. The van der Waals surface area contributed by atoms with Crippen molar-refractivity contribution in [2.24, 2.45) is 0 Å². The summed E-state index contributed by atoms with van der Waals surface area (Å²) in [6.07, 6.45) is 4.13. The van der Waals surface area contributed by atoms with Gasteiger partial charge in [0, 0.05) is 24.7 Å². The average Bonchev–Trinajstić information content (AvgIpc) is 3.04. The monoisotopic (exact) mass is 364 g/mol. The Bertz CT molecular complexity index is 927. The Kier molecular flexibility index (Phi) is 6.17. The predicted molar refractivity (Wildman–Crippen MR) is 110 cm³/mol. The van der Waals surface area contributed by atoms with E-state index in [0.29, 0.717) is 18.7 Å². The smallest absolute Gasteiger partial charge is 0.253 e. The first-order chi connectivity index (χ1) is 13.1. The largest absolute Gasteiger partial charge is 0.492 e. The molecular weight excluding hydrogens is 336 g/mol. The van der Waals surface area contributed by atoms with Gasteiger partial charge in [-0.05, 0) is 31.9 Å². The average molecular weight is 364 g/mol. The molecule has 27 heavy (non-hydrogen) atoms. The van der Waals surface area contributed by atoms with Crippen molar-refractivity contribution in [3.63, 3.8) is 0 Å². The third kappa shape index (κ3) is 4.33. The molecule has 1 amide bonds. The molecule has 0 aliphatic heterocycles. The zero-order valence-corrected chi connectivity index (χ0v) is 16.4. The second-order valence-corrected chi connectivity index (χ2v) is 6.85. The lowest BCUT2D eigenvalue weighted by Gasteiger charge is -2.09. The van der Waals surface area contributed by atoms with E-state index in [1.807, 2.05) is 43.5 Å². The fraction of sp³-hybridized carbons (Fsp3) is 0.348. The SMILES string of the molecule is CCCCn1cc(C(=O)NCc2cccc(C)c2)c2cccc(OCC)c21. The van der Waals surface area contributed by atoms with Gasteiger partial charge in [-0.1, -0.05) is 55.3 Å². The molecular formula is C23H28N2O2. The van der Waals surface area contributed by atoms with Crippen molar-refractivity contribution in [1.29, 1.82) is 0 Å². The minimum absolute atomic E-state index is 0.0506. The minimum Gasteiger partial charge on any atom is -0.492 e.